The van der Waals surface area contributed by atoms with Gasteiger partial charge in [-0.15, -0.1) is 0 Å². The Kier molecular flexibility index (Phi) is 5.16. The maximum absolute atomic E-state index is 12.5. The first kappa shape index (κ1) is 20.2. The predicted molar refractivity (Wildman–Crippen MR) is 122 cm³/mol. The van der Waals surface area contributed by atoms with Crippen LogP contribution in [0.1, 0.15) is 21.7 Å². The van der Waals surface area contributed by atoms with Crippen LogP contribution in [0, 0.1) is 0 Å². The Labute approximate surface area is 187 Å². The van der Waals surface area contributed by atoms with Crippen molar-refractivity contribution in [1.29, 1.82) is 0 Å². The summed E-state index contributed by atoms with van der Waals surface area (Å²) in [5.74, 6) is -0.366. The zero-order valence-corrected chi connectivity index (χ0v) is 17.4. The Morgan fingerprint density at radius 1 is 0.909 bits per heavy atom. The SMILES string of the molecule is COC(=O)c1c(-c2ccccc2)noc1C=Cc1c[nH]c(=O)c2c(-c3ccccc3)noc12. The number of benzene rings is 2. The highest BCUT2D eigenvalue weighted by Gasteiger charge is 2.23. The van der Waals surface area contributed by atoms with Gasteiger partial charge >= 0.3 is 5.97 Å². The number of pyridine rings is 1. The van der Waals surface area contributed by atoms with Gasteiger partial charge in [-0.1, -0.05) is 71.0 Å². The number of esters is 1. The van der Waals surface area contributed by atoms with Gasteiger partial charge in [0.05, 0.1) is 7.11 Å². The Morgan fingerprint density at radius 3 is 2.21 bits per heavy atom. The Bertz CT molecular complexity index is 1530. The van der Waals surface area contributed by atoms with Crippen molar-refractivity contribution < 1.29 is 18.6 Å². The van der Waals surface area contributed by atoms with Gasteiger partial charge in [0, 0.05) is 22.9 Å². The number of methoxy groups -OCH3 is 1. The number of H-pyrrole nitrogens is 1. The Hall–Kier alpha value is -4.72. The molecular weight excluding hydrogens is 422 g/mol. The normalized spacial score (nSPS) is 11.3. The molecule has 8 nitrogen and oxygen atoms in total. The maximum atomic E-state index is 12.5. The number of carbonyl (C=O) groups excluding carboxylic acids is 1. The van der Waals surface area contributed by atoms with Crippen molar-refractivity contribution in [1.82, 2.24) is 15.3 Å². The van der Waals surface area contributed by atoms with E-state index < -0.39 is 5.97 Å². The van der Waals surface area contributed by atoms with Gasteiger partial charge in [-0.25, -0.2) is 4.79 Å². The summed E-state index contributed by atoms with van der Waals surface area (Å²) in [7, 11) is 1.29. The summed E-state index contributed by atoms with van der Waals surface area (Å²) in [5.41, 5.74) is 3.05. The molecule has 0 spiro atoms. The van der Waals surface area contributed by atoms with Crippen LogP contribution in [0.5, 0.6) is 0 Å². The van der Waals surface area contributed by atoms with E-state index >= 15 is 0 Å². The molecule has 0 aliphatic rings. The lowest BCUT2D eigenvalue weighted by Crippen LogP contribution is -2.05. The second kappa shape index (κ2) is 8.43. The fourth-order valence-corrected chi connectivity index (χ4v) is 3.57. The smallest absolute Gasteiger partial charge is 0.344 e. The molecule has 0 unspecified atom stereocenters. The summed E-state index contributed by atoms with van der Waals surface area (Å²) in [5, 5.41) is 8.51. The minimum Gasteiger partial charge on any atom is -0.465 e. The molecule has 5 aromatic rings. The molecule has 0 amide bonds. The summed E-state index contributed by atoms with van der Waals surface area (Å²) in [4.78, 5) is 27.7. The Balaban J connectivity index is 1.60. The second-order valence-corrected chi connectivity index (χ2v) is 7.14. The molecule has 0 aliphatic heterocycles. The lowest BCUT2D eigenvalue weighted by Gasteiger charge is -2.00. The van der Waals surface area contributed by atoms with Gasteiger partial charge in [-0.05, 0) is 12.2 Å². The topological polar surface area (TPSA) is 111 Å². The monoisotopic (exact) mass is 439 g/mol. The minimum atomic E-state index is -0.576. The largest absolute Gasteiger partial charge is 0.465 e. The summed E-state index contributed by atoms with van der Waals surface area (Å²) in [6.45, 7) is 0. The van der Waals surface area contributed by atoms with Crippen molar-refractivity contribution in [3.63, 3.8) is 0 Å². The lowest BCUT2D eigenvalue weighted by molar-refractivity contribution is 0.0600. The fourth-order valence-electron chi connectivity index (χ4n) is 3.57. The van der Waals surface area contributed by atoms with E-state index in [0.29, 0.717) is 27.9 Å². The minimum absolute atomic E-state index is 0.197. The molecule has 5 rings (SSSR count). The molecule has 0 radical (unpaired) electrons. The van der Waals surface area contributed by atoms with E-state index in [1.165, 1.54) is 13.3 Å². The first-order valence-electron chi connectivity index (χ1n) is 10.1. The summed E-state index contributed by atoms with van der Waals surface area (Å²) < 4.78 is 15.9. The quantitative estimate of drug-likeness (QED) is 0.392. The number of aromatic nitrogens is 3. The van der Waals surface area contributed by atoms with Gasteiger partial charge in [0.1, 0.15) is 22.3 Å². The number of nitrogens with zero attached hydrogens (tertiary/aromatic N) is 2. The molecule has 0 aliphatic carbocycles. The summed E-state index contributed by atoms with van der Waals surface area (Å²) >= 11 is 0. The maximum Gasteiger partial charge on any atom is 0.344 e. The van der Waals surface area contributed by atoms with E-state index in [4.69, 9.17) is 13.8 Å². The van der Waals surface area contributed by atoms with Crippen LogP contribution in [0.15, 0.2) is 80.7 Å². The van der Waals surface area contributed by atoms with E-state index in [-0.39, 0.29) is 16.9 Å². The molecule has 0 atom stereocenters. The first-order valence-corrected chi connectivity index (χ1v) is 10.1. The summed E-state index contributed by atoms with van der Waals surface area (Å²) in [6.07, 6.45) is 4.73. The molecule has 0 bridgehead atoms. The van der Waals surface area contributed by atoms with Gasteiger partial charge in [0.2, 0.25) is 0 Å². The van der Waals surface area contributed by atoms with Crippen LogP contribution in [0.25, 0.3) is 45.6 Å². The van der Waals surface area contributed by atoms with Gasteiger partial charge in [0.25, 0.3) is 5.56 Å². The fraction of sp³-hybridized carbons (Fsp3) is 0.0400. The van der Waals surface area contributed by atoms with Crippen molar-refractivity contribution in [2.24, 2.45) is 0 Å². The van der Waals surface area contributed by atoms with Gasteiger partial charge in [0.15, 0.2) is 11.3 Å². The zero-order valence-electron chi connectivity index (χ0n) is 17.4. The van der Waals surface area contributed by atoms with Crippen molar-refractivity contribution >= 4 is 29.1 Å². The van der Waals surface area contributed by atoms with Crippen LogP contribution in [0.2, 0.25) is 0 Å². The number of carbonyl (C=O) groups is 1. The van der Waals surface area contributed by atoms with Crippen LogP contribution in [0.3, 0.4) is 0 Å². The molecule has 1 N–H and O–H groups in total. The molecule has 3 heterocycles. The molecular formula is C25H17N3O5. The number of hydrogen-bond acceptors (Lipinski definition) is 7. The molecule has 0 fully saturated rings. The van der Waals surface area contributed by atoms with E-state index in [2.05, 4.69) is 15.3 Å². The molecule has 0 saturated carbocycles. The molecule has 3 aromatic heterocycles. The molecule has 8 heteroatoms. The molecule has 33 heavy (non-hydrogen) atoms. The first-order chi connectivity index (χ1) is 16.2. The zero-order chi connectivity index (χ0) is 22.8. The summed E-state index contributed by atoms with van der Waals surface area (Å²) in [6, 6.07) is 18.5. The third-order valence-corrected chi connectivity index (χ3v) is 5.16. The predicted octanol–water partition coefficient (Wildman–Crippen LogP) is 4.80. The number of fused-ring (bicyclic) bond motifs is 1. The van der Waals surface area contributed by atoms with E-state index in [9.17, 15) is 9.59 Å². The van der Waals surface area contributed by atoms with Crippen LogP contribution in [0.4, 0.5) is 0 Å². The number of hydrogen-bond donors (Lipinski definition) is 1. The second-order valence-electron chi connectivity index (χ2n) is 7.14. The van der Waals surface area contributed by atoms with Crippen molar-refractivity contribution in [3.05, 3.63) is 94.1 Å². The van der Waals surface area contributed by atoms with Gasteiger partial charge < -0.3 is 18.8 Å². The highest BCUT2D eigenvalue weighted by molar-refractivity contribution is 6.01. The van der Waals surface area contributed by atoms with Gasteiger partial charge in [-0.3, -0.25) is 4.79 Å². The molecule has 2 aromatic carbocycles. The van der Waals surface area contributed by atoms with E-state index in [1.54, 1.807) is 12.2 Å². The van der Waals surface area contributed by atoms with E-state index in [1.807, 2.05) is 60.7 Å². The highest BCUT2D eigenvalue weighted by atomic mass is 16.5. The Morgan fingerprint density at radius 2 is 1.55 bits per heavy atom. The standard InChI is InChI=1S/C25H17N3O5/c1-31-25(30)19-18(32-27-21(19)15-8-4-2-5-9-15)13-12-17-14-26-24(29)20-22(28-33-23(17)20)16-10-6-3-7-11-16/h2-14H,1H3,(H,26,29). The van der Waals surface area contributed by atoms with E-state index in [0.717, 1.165) is 11.1 Å². The molecule has 0 saturated heterocycles. The van der Waals surface area contributed by atoms with Crippen LogP contribution in [-0.2, 0) is 4.74 Å². The number of rotatable bonds is 5. The van der Waals surface area contributed by atoms with Crippen molar-refractivity contribution in [3.8, 4) is 22.5 Å². The number of nitrogens with one attached hydrogen (secondary N) is 1. The van der Waals surface area contributed by atoms with Crippen molar-refractivity contribution in [2.45, 2.75) is 0 Å². The van der Waals surface area contributed by atoms with Crippen LogP contribution >= 0.6 is 0 Å². The van der Waals surface area contributed by atoms with Crippen LogP contribution in [-0.4, -0.2) is 28.4 Å². The lowest BCUT2D eigenvalue weighted by atomic mass is 10.0. The third-order valence-electron chi connectivity index (χ3n) is 5.16. The highest BCUT2D eigenvalue weighted by Crippen LogP contribution is 2.30. The number of aromatic amines is 1. The molecule has 162 valence electrons. The van der Waals surface area contributed by atoms with Crippen LogP contribution < -0.4 is 5.56 Å². The third kappa shape index (κ3) is 3.63. The van der Waals surface area contributed by atoms with Gasteiger partial charge in [-0.2, -0.15) is 0 Å². The van der Waals surface area contributed by atoms with Crippen molar-refractivity contribution in [2.75, 3.05) is 7.11 Å². The average Bonchev–Trinajstić information content (AvgIpc) is 3.50. The average molecular weight is 439 g/mol. The number of ether oxygens (including phenoxy) is 1.